The number of hydrogen-bond donors (Lipinski definition) is 1. The van der Waals surface area contributed by atoms with Crippen LogP contribution in [0.4, 0.5) is 4.39 Å². The van der Waals surface area contributed by atoms with E-state index in [4.69, 9.17) is 11.6 Å². The highest BCUT2D eigenvalue weighted by molar-refractivity contribution is 9.11. The molecule has 0 saturated heterocycles. The van der Waals surface area contributed by atoms with Crippen molar-refractivity contribution >= 4 is 44.8 Å². The van der Waals surface area contributed by atoms with E-state index < -0.39 is 11.7 Å². The lowest BCUT2D eigenvalue weighted by atomic mass is 10.2. The molecule has 0 fully saturated rings. The first-order chi connectivity index (χ1) is 9.06. The third-order valence-electron chi connectivity index (χ3n) is 2.34. The normalized spacial score (nSPS) is 10.5. The zero-order valence-corrected chi connectivity index (χ0v) is 12.8. The summed E-state index contributed by atoms with van der Waals surface area (Å²) in [5.41, 5.74) is 0.0500. The molecular weight excluding hydrogens is 355 g/mol. The van der Waals surface area contributed by atoms with Gasteiger partial charge in [-0.2, -0.15) is 0 Å². The molecule has 1 N–H and O–H groups in total. The van der Waals surface area contributed by atoms with Crippen molar-refractivity contribution in [2.45, 2.75) is 6.42 Å². The Balaban J connectivity index is 1.92. The van der Waals surface area contributed by atoms with Crippen LogP contribution in [0.2, 0.25) is 5.15 Å². The van der Waals surface area contributed by atoms with Crippen LogP contribution in [0, 0.1) is 5.82 Å². The van der Waals surface area contributed by atoms with Gasteiger partial charge in [0.15, 0.2) is 0 Å². The summed E-state index contributed by atoms with van der Waals surface area (Å²) in [5.74, 6) is -1.01. The molecule has 0 saturated carbocycles. The SMILES string of the molecule is O=C(NCCc1ccc(Br)s1)c1cc(F)cnc1Cl. The van der Waals surface area contributed by atoms with Crippen molar-refractivity contribution in [2.75, 3.05) is 6.54 Å². The van der Waals surface area contributed by atoms with E-state index in [1.807, 2.05) is 12.1 Å². The minimum Gasteiger partial charge on any atom is -0.352 e. The molecule has 0 aromatic carbocycles. The first-order valence-electron chi connectivity index (χ1n) is 5.39. The Morgan fingerprint density at radius 3 is 3.00 bits per heavy atom. The number of nitrogens with one attached hydrogen (secondary N) is 1. The van der Waals surface area contributed by atoms with Crippen molar-refractivity contribution in [1.29, 1.82) is 0 Å². The summed E-state index contributed by atoms with van der Waals surface area (Å²) in [6.45, 7) is 0.457. The molecule has 0 aliphatic carbocycles. The Hall–Kier alpha value is -0.980. The van der Waals surface area contributed by atoms with Crippen LogP contribution in [0.1, 0.15) is 15.2 Å². The van der Waals surface area contributed by atoms with Crippen molar-refractivity contribution in [3.8, 4) is 0 Å². The molecule has 0 spiro atoms. The molecule has 0 unspecified atom stereocenters. The van der Waals surface area contributed by atoms with Crippen molar-refractivity contribution in [3.05, 3.63) is 49.6 Å². The van der Waals surface area contributed by atoms with Gasteiger partial charge in [-0.15, -0.1) is 11.3 Å². The van der Waals surface area contributed by atoms with Crippen LogP contribution in [-0.2, 0) is 6.42 Å². The minimum atomic E-state index is -0.586. The van der Waals surface area contributed by atoms with Crippen LogP contribution in [-0.4, -0.2) is 17.4 Å². The first kappa shape index (κ1) is 14.4. The average molecular weight is 364 g/mol. The summed E-state index contributed by atoms with van der Waals surface area (Å²) < 4.78 is 14.0. The number of halogens is 3. The van der Waals surface area contributed by atoms with Crippen LogP contribution in [0.5, 0.6) is 0 Å². The van der Waals surface area contributed by atoms with Gasteiger partial charge in [-0.25, -0.2) is 9.37 Å². The number of amides is 1. The van der Waals surface area contributed by atoms with Gasteiger partial charge < -0.3 is 5.32 Å². The lowest BCUT2D eigenvalue weighted by molar-refractivity contribution is 0.0953. The third kappa shape index (κ3) is 3.99. The molecule has 0 atom stereocenters. The molecule has 2 aromatic heterocycles. The Morgan fingerprint density at radius 1 is 1.53 bits per heavy atom. The van der Waals surface area contributed by atoms with E-state index in [1.165, 1.54) is 0 Å². The summed E-state index contributed by atoms with van der Waals surface area (Å²) in [4.78, 5) is 16.5. The Labute approximate surface area is 126 Å². The van der Waals surface area contributed by atoms with Gasteiger partial charge in [0.05, 0.1) is 15.5 Å². The van der Waals surface area contributed by atoms with E-state index in [9.17, 15) is 9.18 Å². The predicted octanol–water partition coefficient (Wildman–Crippen LogP) is 3.67. The summed E-state index contributed by atoms with van der Waals surface area (Å²) in [5, 5.41) is 2.68. The maximum atomic E-state index is 13.0. The largest absolute Gasteiger partial charge is 0.352 e. The molecule has 2 heterocycles. The van der Waals surface area contributed by atoms with Gasteiger partial charge in [-0.05, 0) is 40.5 Å². The molecule has 0 aliphatic heterocycles. The number of aromatic nitrogens is 1. The van der Waals surface area contributed by atoms with E-state index in [0.717, 1.165) is 20.9 Å². The number of hydrogen-bond acceptors (Lipinski definition) is 3. The van der Waals surface area contributed by atoms with Crippen LogP contribution in [0.15, 0.2) is 28.2 Å². The van der Waals surface area contributed by atoms with Gasteiger partial charge in [0.2, 0.25) is 0 Å². The third-order valence-corrected chi connectivity index (χ3v) is 4.32. The minimum absolute atomic E-state index is 0.00207. The van der Waals surface area contributed by atoms with E-state index in [-0.39, 0.29) is 10.7 Å². The van der Waals surface area contributed by atoms with Crippen LogP contribution in [0.25, 0.3) is 0 Å². The van der Waals surface area contributed by atoms with Gasteiger partial charge in [-0.1, -0.05) is 11.6 Å². The van der Waals surface area contributed by atoms with Crippen LogP contribution in [0.3, 0.4) is 0 Å². The number of carbonyl (C=O) groups is 1. The van der Waals surface area contributed by atoms with Gasteiger partial charge >= 0.3 is 0 Å². The second kappa shape index (κ2) is 6.45. The lowest BCUT2D eigenvalue weighted by Gasteiger charge is -2.05. The van der Waals surface area contributed by atoms with Crippen molar-refractivity contribution in [3.63, 3.8) is 0 Å². The van der Waals surface area contributed by atoms with E-state index in [0.29, 0.717) is 13.0 Å². The van der Waals surface area contributed by atoms with Crippen LogP contribution < -0.4 is 5.32 Å². The maximum absolute atomic E-state index is 13.0. The zero-order chi connectivity index (χ0) is 13.8. The summed E-state index contributed by atoms with van der Waals surface area (Å²) in [7, 11) is 0. The smallest absolute Gasteiger partial charge is 0.254 e. The fraction of sp³-hybridized carbons (Fsp3) is 0.167. The van der Waals surface area contributed by atoms with Gasteiger partial charge in [0.25, 0.3) is 5.91 Å². The second-order valence-electron chi connectivity index (χ2n) is 3.70. The molecule has 3 nitrogen and oxygen atoms in total. The second-order valence-corrected chi connectivity index (χ2v) is 6.61. The standard InChI is InChI=1S/C12H9BrClFN2OS/c13-10-2-1-8(19-10)3-4-16-12(18)9-5-7(15)6-17-11(9)14/h1-2,5-6H,3-4H2,(H,16,18). The average Bonchev–Trinajstić information content (AvgIpc) is 2.78. The Kier molecular flexibility index (Phi) is 4.90. The monoisotopic (exact) mass is 362 g/mol. The van der Waals surface area contributed by atoms with Crippen molar-refractivity contribution in [2.24, 2.45) is 0 Å². The molecule has 2 rings (SSSR count). The molecular formula is C12H9BrClFN2OS. The van der Waals surface area contributed by atoms with E-state index >= 15 is 0 Å². The van der Waals surface area contributed by atoms with Gasteiger partial charge in [-0.3, -0.25) is 4.79 Å². The number of rotatable bonds is 4. The molecule has 100 valence electrons. The summed E-state index contributed by atoms with van der Waals surface area (Å²) in [6.07, 6.45) is 1.69. The maximum Gasteiger partial charge on any atom is 0.254 e. The molecule has 0 radical (unpaired) electrons. The summed E-state index contributed by atoms with van der Waals surface area (Å²) in [6, 6.07) is 5.01. The first-order valence-corrected chi connectivity index (χ1v) is 7.38. The Bertz CT molecular complexity index is 605. The zero-order valence-electron chi connectivity index (χ0n) is 9.62. The molecule has 2 aromatic rings. The fourth-order valence-corrected chi connectivity index (χ4v) is 3.13. The van der Waals surface area contributed by atoms with Gasteiger partial charge in [0.1, 0.15) is 11.0 Å². The molecule has 0 bridgehead atoms. The Morgan fingerprint density at radius 2 is 2.32 bits per heavy atom. The molecule has 19 heavy (non-hydrogen) atoms. The quantitative estimate of drug-likeness (QED) is 0.842. The molecule has 0 aliphatic rings. The van der Waals surface area contributed by atoms with Gasteiger partial charge in [0, 0.05) is 11.4 Å². The van der Waals surface area contributed by atoms with Crippen molar-refractivity contribution in [1.82, 2.24) is 10.3 Å². The van der Waals surface area contributed by atoms with E-state index in [1.54, 1.807) is 11.3 Å². The highest BCUT2D eigenvalue weighted by Gasteiger charge is 2.12. The fourth-order valence-electron chi connectivity index (χ4n) is 1.46. The topological polar surface area (TPSA) is 42.0 Å². The number of pyridine rings is 1. The summed E-state index contributed by atoms with van der Waals surface area (Å²) >= 11 is 10.7. The number of carbonyl (C=O) groups excluding carboxylic acids is 1. The van der Waals surface area contributed by atoms with Crippen LogP contribution >= 0.6 is 38.9 Å². The predicted molar refractivity (Wildman–Crippen MR) is 77.3 cm³/mol. The highest BCUT2D eigenvalue weighted by atomic mass is 79.9. The number of thiophene rings is 1. The highest BCUT2D eigenvalue weighted by Crippen LogP contribution is 2.22. The molecule has 1 amide bonds. The number of nitrogens with zero attached hydrogens (tertiary/aromatic N) is 1. The van der Waals surface area contributed by atoms with E-state index in [2.05, 4.69) is 26.2 Å². The van der Waals surface area contributed by atoms with Crippen molar-refractivity contribution < 1.29 is 9.18 Å². The molecule has 7 heteroatoms. The lowest BCUT2D eigenvalue weighted by Crippen LogP contribution is -2.26.